The molecule has 1 aromatic carbocycles. The number of allylic oxidation sites excluding steroid dienone is 2. The van der Waals surface area contributed by atoms with E-state index in [-0.39, 0.29) is 5.78 Å². The van der Waals surface area contributed by atoms with Crippen molar-refractivity contribution in [2.75, 3.05) is 7.11 Å². The van der Waals surface area contributed by atoms with Crippen LogP contribution in [0.1, 0.15) is 24.8 Å². The topological polar surface area (TPSA) is 42.1 Å². The zero-order chi connectivity index (χ0) is 12.5. The molecular formula is C15H15NO2. The fourth-order valence-electron chi connectivity index (χ4n) is 2.50. The van der Waals surface area contributed by atoms with Crippen molar-refractivity contribution in [3.8, 4) is 5.75 Å². The summed E-state index contributed by atoms with van der Waals surface area (Å²) in [6.07, 6.45) is 6.35. The first kappa shape index (κ1) is 11.1. The third-order valence-corrected chi connectivity index (χ3v) is 3.44. The Hall–Kier alpha value is -2.03. The number of hydrogen-bond acceptors (Lipinski definition) is 2. The second-order valence-corrected chi connectivity index (χ2v) is 4.60. The van der Waals surface area contributed by atoms with Gasteiger partial charge in [0.25, 0.3) is 0 Å². The summed E-state index contributed by atoms with van der Waals surface area (Å²) >= 11 is 0. The van der Waals surface area contributed by atoms with Crippen LogP contribution in [-0.2, 0) is 4.79 Å². The molecule has 1 aliphatic carbocycles. The maximum absolute atomic E-state index is 11.5. The SMILES string of the molecule is COc1ccc2[nH]cc(C3=CC(=O)CCC3)c2c1. The number of carbonyl (C=O) groups is 1. The number of ether oxygens (including phenoxy) is 1. The van der Waals surface area contributed by atoms with Crippen LogP contribution in [-0.4, -0.2) is 17.9 Å². The molecule has 0 saturated carbocycles. The minimum atomic E-state index is 0.230. The van der Waals surface area contributed by atoms with Gasteiger partial charge in [-0.3, -0.25) is 4.79 Å². The van der Waals surface area contributed by atoms with Gasteiger partial charge in [0.15, 0.2) is 5.78 Å². The number of H-pyrrole nitrogens is 1. The van der Waals surface area contributed by atoms with Crippen LogP contribution in [0.5, 0.6) is 5.75 Å². The third-order valence-electron chi connectivity index (χ3n) is 3.44. The number of ketones is 1. The van der Waals surface area contributed by atoms with Crippen molar-refractivity contribution in [2.24, 2.45) is 0 Å². The van der Waals surface area contributed by atoms with E-state index in [1.807, 2.05) is 24.4 Å². The number of aromatic nitrogens is 1. The van der Waals surface area contributed by atoms with Crippen LogP contribution in [0.4, 0.5) is 0 Å². The lowest BCUT2D eigenvalue weighted by atomic mass is 9.93. The predicted molar refractivity (Wildman–Crippen MR) is 71.7 cm³/mol. The maximum Gasteiger partial charge on any atom is 0.155 e. The summed E-state index contributed by atoms with van der Waals surface area (Å²) in [5, 5.41) is 1.12. The molecule has 0 amide bonds. The van der Waals surface area contributed by atoms with Crippen LogP contribution >= 0.6 is 0 Å². The molecule has 0 unspecified atom stereocenters. The van der Waals surface area contributed by atoms with E-state index in [1.165, 1.54) is 0 Å². The Labute approximate surface area is 105 Å². The normalized spacial score (nSPS) is 15.8. The van der Waals surface area contributed by atoms with Gasteiger partial charge < -0.3 is 9.72 Å². The van der Waals surface area contributed by atoms with E-state index in [0.717, 1.165) is 40.6 Å². The highest BCUT2D eigenvalue weighted by Crippen LogP contribution is 2.32. The lowest BCUT2D eigenvalue weighted by Gasteiger charge is -2.11. The molecule has 0 saturated heterocycles. The Kier molecular flexibility index (Phi) is 2.67. The molecule has 0 atom stereocenters. The van der Waals surface area contributed by atoms with Gasteiger partial charge in [-0.25, -0.2) is 0 Å². The van der Waals surface area contributed by atoms with E-state index in [9.17, 15) is 4.79 Å². The molecule has 18 heavy (non-hydrogen) atoms. The van der Waals surface area contributed by atoms with Crippen molar-refractivity contribution in [1.82, 2.24) is 4.98 Å². The largest absolute Gasteiger partial charge is 0.497 e. The molecule has 1 aromatic heterocycles. The minimum absolute atomic E-state index is 0.230. The van der Waals surface area contributed by atoms with Crippen LogP contribution < -0.4 is 4.74 Å². The molecule has 2 aromatic rings. The quantitative estimate of drug-likeness (QED) is 0.876. The molecule has 0 spiro atoms. The fourth-order valence-corrected chi connectivity index (χ4v) is 2.50. The number of fused-ring (bicyclic) bond motifs is 1. The van der Waals surface area contributed by atoms with Gasteiger partial charge >= 0.3 is 0 Å². The van der Waals surface area contributed by atoms with Crippen LogP contribution in [0.15, 0.2) is 30.5 Å². The van der Waals surface area contributed by atoms with Crippen molar-refractivity contribution in [2.45, 2.75) is 19.3 Å². The zero-order valence-electron chi connectivity index (χ0n) is 10.3. The molecule has 3 heteroatoms. The molecule has 3 nitrogen and oxygen atoms in total. The van der Waals surface area contributed by atoms with Gasteiger partial charge in [0, 0.05) is 29.1 Å². The molecule has 92 valence electrons. The number of benzene rings is 1. The van der Waals surface area contributed by atoms with Crippen molar-refractivity contribution in [3.05, 3.63) is 36.0 Å². The lowest BCUT2D eigenvalue weighted by molar-refractivity contribution is -0.114. The van der Waals surface area contributed by atoms with E-state index in [4.69, 9.17) is 4.74 Å². The van der Waals surface area contributed by atoms with Gasteiger partial charge in [0.2, 0.25) is 0 Å². The Morgan fingerprint density at radius 2 is 2.17 bits per heavy atom. The van der Waals surface area contributed by atoms with Crippen LogP contribution in [0.2, 0.25) is 0 Å². The number of nitrogens with one attached hydrogen (secondary N) is 1. The van der Waals surface area contributed by atoms with Gasteiger partial charge in [-0.15, -0.1) is 0 Å². The van der Waals surface area contributed by atoms with Gasteiger partial charge in [-0.05, 0) is 42.7 Å². The lowest BCUT2D eigenvalue weighted by Crippen LogP contribution is -2.01. The molecule has 1 aliphatic rings. The zero-order valence-corrected chi connectivity index (χ0v) is 10.3. The molecule has 0 fully saturated rings. The molecule has 1 N–H and O–H groups in total. The van der Waals surface area contributed by atoms with Crippen LogP contribution in [0, 0.1) is 0 Å². The Bertz CT molecular complexity index is 637. The average molecular weight is 241 g/mol. The summed E-state index contributed by atoms with van der Waals surface area (Å²) in [5.74, 6) is 1.07. The van der Waals surface area contributed by atoms with Crippen molar-refractivity contribution >= 4 is 22.3 Å². The highest BCUT2D eigenvalue weighted by Gasteiger charge is 2.15. The molecular weight excluding hydrogens is 226 g/mol. The van der Waals surface area contributed by atoms with Crippen molar-refractivity contribution in [3.63, 3.8) is 0 Å². The summed E-state index contributed by atoms with van der Waals surface area (Å²) in [6, 6.07) is 5.95. The van der Waals surface area contributed by atoms with E-state index >= 15 is 0 Å². The number of carbonyl (C=O) groups excluding carboxylic acids is 1. The molecule has 3 rings (SSSR count). The third kappa shape index (κ3) is 1.82. The first-order valence-electron chi connectivity index (χ1n) is 6.17. The molecule has 0 aliphatic heterocycles. The van der Waals surface area contributed by atoms with E-state index in [0.29, 0.717) is 6.42 Å². The molecule has 0 bridgehead atoms. The second kappa shape index (κ2) is 4.33. The summed E-state index contributed by atoms with van der Waals surface area (Å²) in [6.45, 7) is 0. The highest BCUT2D eigenvalue weighted by atomic mass is 16.5. The van der Waals surface area contributed by atoms with E-state index in [2.05, 4.69) is 4.98 Å². The standard InChI is InChI=1S/C15H15NO2/c1-18-12-5-6-15-13(8-12)14(9-16-15)10-3-2-4-11(17)7-10/h5-9,16H,2-4H2,1H3. The Morgan fingerprint density at radius 3 is 2.94 bits per heavy atom. The maximum atomic E-state index is 11.5. The summed E-state index contributed by atoms with van der Waals surface area (Å²) < 4.78 is 5.25. The van der Waals surface area contributed by atoms with Crippen LogP contribution in [0.3, 0.4) is 0 Å². The highest BCUT2D eigenvalue weighted by molar-refractivity contribution is 6.02. The Morgan fingerprint density at radius 1 is 1.28 bits per heavy atom. The van der Waals surface area contributed by atoms with Crippen molar-refractivity contribution < 1.29 is 9.53 Å². The summed E-state index contributed by atoms with van der Waals surface area (Å²) in [5.41, 5.74) is 3.33. The average Bonchev–Trinajstić information content (AvgIpc) is 2.81. The van der Waals surface area contributed by atoms with Gasteiger partial charge in [0.05, 0.1) is 7.11 Å². The number of rotatable bonds is 2. The number of hydrogen-bond donors (Lipinski definition) is 1. The second-order valence-electron chi connectivity index (χ2n) is 4.60. The first-order chi connectivity index (χ1) is 8.78. The van der Waals surface area contributed by atoms with Crippen molar-refractivity contribution in [1.29, 1.82) is 0 Å². The smallest absolute Gasteiger partial charge is 0.155 e. The number of aromatic amines is 1. The molecule has 1 heterocycles. The summed E-state index contributed by atoms with van der Waals surface area (Å²) in [7, 11) is 1.66. The first-order valence-corrected chi connectivity index (χ1v) is 6.17. The van der Waals surface area contributed by atoms with Gasteiger partial charge in [-0.1, -0.05) is 0 Å². The molecule has 0 radical (unpaired) electrons. The van der Waals surface area contributed by atoms with Gasteiger partial charge in [0.1, 0.15) is 5.75 Å². The van der Waals surface area contributed by atoms with Gasteiger partial charge in [-0.2, -0.15) is 0 Å². The predicted octanol–water partition coefficient (Wildman–Crippen LogP) is 3.31. The van der Waals surface area contributed by atoms with E-state index in [1.54, 1.807) is 13.2 Å². The van der Waals surface area contributed by atoms with E-state index < -0.39 is 0 Å². The monoisotopic (exact) mass is 241 g/mol. The summed E-state index contributed by atoms with van der Waals surface area (Å²) in [4.78, 5) is 14.8. The van der Waals surface area contributed by atoms with Crippen LogP contribution in [0.25, 0.3) is 16.5 Å². The Balaban J connectivity index is 2.14. The minimum Gasteiger partial charge on any atom is -0.497 e. The fraction of sp³-hybridized carbons (Fsp3) is 0.267. The number of methoxy groups -OCH3 is 1.